The topological polar surface area (TPSA) is 89.1 Å². The number of amides is 1. The Hall–Kier alpha value is -3.09. The summed E-state index contributed by atoms with van der Waals surface area (Å²) in [6.07, 6.45) is 9.10. The third-order valence-electron chi connectivity index (χ3n) is 5.16. The van der Waals surface area contributed by atoms with Crippen LogP contribution in [0, 0.1) is 5.92 Å². The fourth-order valence-electron chi connectivity index (χ4n) is 3.54. The smallest absolute Gasteiger partial charge is 0.328 e. The summed E-state index contributed by atoms with van der Waals surface area (Å²) < 4.78 is 3.06. The average Bonchev–Trinajstić information content (AvgIpc) is 2.93. The van der Waals surface area contributed by atoms with Gasteiger partial charge in [-0.25, -0.2) is 4.79 Å². The maximum atomic E-state index is 11.8. The lowest BCUT2D eigenvalue weighted by atomic mass is 9.88. The van der Waals surface area contributed by atoms with Crippen molar-refractivity contribution in [2.75, 3.05) is 5.32 Å². The number of nitrogens with zero attached hydrogens (tertiary/aromatic N) is 3. The van der Waals surface area contributed by atoms with E-state index in [2.05, 4.69) is 10.3 Å². The summed E-state index contributed by atoms with van der Waals surface area (Å²) in [5, 5.41) is 12.1. The first-order valence-electron chi connectivity index (χ1n) is 9.52. The molecule has 1 aromatic carbocycles. The Morgan fingerprint density at radius 1 is 1.11 bits per heavy atom. The molecule has 0 spiro atoms. The normalized spacial score (nSPS) is 14.4. The van der Waals surface area contributed by atoms with Crippen LogP contribution in [0.2, 0.25) is 0 Å². The number of phenols is 1. The number of rotatable bonds is 2. The number of carbonyl (C=O) groups excluding carboxylic acids is 1. The van der Waals surface area contributed by atoms with Crippen LogP contribution in [0.1, 0.15) is 32.1 Å². The number of hydrogen-bond acceptors (Lipinski definition) is 4. The molecule has 28 heavy (non-hydrogen) atoms. The summed E-state index contributed by atoms with van der Waals surface area (Å²) in [6.45, 7) is 0. The molecule has 0 atom stereocenters. The van der Waals surface area contributed by atoms with Crippen molar-refractivity contribution in [3.63, 3.8) is 0 Å². The highest BCUT2D eigenvalue weighted by atomic mass is 16.3. The van der Waals surface area contributed by atoms with E-state index in [0.717, 1.165) is 29.6 Å². The first kappa shape index (κ1) is 19.7. The molecule has 1 fully saturated rings. The monoisotopic (exact) mass is 382 g/mol. The number of phenolic OH excluding ortho intramolecular Hbond substituents is 1. The van der Waals surface area contributed by atoms with E-state index in [0.29, 0.717) is 0 Å². The molecule has 1 saturated carbocycles. The molecule has 2 N–H and O–H groups in total. The van der Waals surface area contributed by atoms with Gasteiger partial charge in [-0.15, -0.1) is 0 Å². The van der Waals surface area contributed by atoms with Gasteiger partial charge >= 0.3 is 5.69 Å². The maximum Gasteiger partial charge on any atom is 0.328 e. The molecule has 7 heteroatoms. The van der Waals surface area contributed by atoms with Crippen molar-refractivity contribution in [3.8, 4) is 5.75 Å². The second-order valence-electron chi connectivity index (χ2n) is 7.14. The molecule has 0 aliphatic heterocycles. The lowest BCUT2D eigenvalue weighted by Gasteiger charge is -2.20. The van der Waals surface area contributed by atoms with Gasteiger partial charge in [0.25, 0.3) is 0 Å². The van der Waals surface area contributed by atoms with E-state index in [1.165, 1.54) is 23.8 Å². The Balaban J connectivity index is 0.000000162. The van der Waals surface area contributed by atoms with Gasteiger partial charge in [-0.2, -0.15) is 0 Å². The Bertz CT molecular complexity index is 1000. The Labute approximate surface area is 163 Å². The fraction of sp³-hybridized carbons (Fsp3) is 0.381. The number of hydrogen-bond donors (Lipinski definition) is 2. The van der Waals surface area contributed by atoms with Crippen molar-refractivity contribution < 1.29 is 9.90 Å². The van der Waals surface area contributed by atoms with Crippen molar-refractivity contribution >= 4 is 22.6 Å². The fourth-order valence-corrected chi connectivity index (χ4v) is 3.54. The van der Waals surface area contributed by atoms with Crippen molar-refractivity contribution in [3.05, 3.63) is 53.2 Å². The number of pyridine rings is 1. The molecule has 148 valence electrons. The zero-order valence-electron chi connectivity index (χ0n) is 16.3. The summed E-state index contributed by atoms with van der Waals surface area (Å²) in [7, 11) is 3.39. The summed E-state index contributed by atoms with van der Waals surface area (Å²) in [5.41, 5.74) is 2.28. The van der Waals surface area contributed by atoms with Crippen LogP contribution in [-0.4, -0.2) is 25.1 Å². The SMILES string of the molecule is Cn1c(=O)n(C)c2cc(O)ccc21.O=C(Nc1cccnc1)C1CCCCC1. The Kier molecular flexibility index (Phi) is 6.13. The number of carbonyl (C=O) groups is 1. The molecule has 0 saturated heterocycles. The zero-order valence-corrected chi connectivity index (χ0v) is 16.3. The van der Waals surface area contributed by atoms with E-state index in [4.69, 9.17) is 0 Å². The standard InChI is InChI=1S/C12H16N2O.C9H10N2O2/c15-12(10-5-2-1-3-6-10)14-11-7-4-8-13-9-11;1-10-7-4-3-6(12)5-8(7)11(2)9(10)13/h4,7-10H,1-3,5-6H2,(H,14,15);3-5,12H,1-2H3. The second kappa shape index (κ2) is 8.73. The van der Waals surface area contributed by atoms with Crippen LogP contribution >= 0.6 is 0 Å². The maximum absolute atomic E-state index is 11.8. The van der Waals surface area contributed by atoms with Gasteiger partial charge in [0.2, 0.25) is 5.91 Å². The van der Waals surface area contributed by atoms with E-state index < -0.39 is 0 Å². The van der Waals surface area contributed by atoms with Crippen LogP contribution in [0.25, 0.3) is 11.0 Å². The molecule has 3 aromatic rings. The van der Waals surface area contributed by atoms with E-state index in [9.17, 15) is 14.7 Å². The molecule has 1 amide bonds. The summed E-state index contributed by atoms with van der Waals surface area (Å²) in [6, 6.07) is 8.58. The van der Waals surface area contributed by atoms with Crippen LogP contribution in [0.3, 0.4) is 0 Å². The van der Waals surface area contributed by atoms with E-state index in [1.54, 1.807) is 49.3 Å². The summed E-state index contributed by atoms with van der Waals surface area (Å²) in [4.78, 5) is 27.2. The van der Waals surface area contributed by atoms with Crippen LogP contribution in [0.5, 0.6) is 5.75 Å². The number of aromatic nitrogens is 3. The highest BCUT2D eigenvalue weighted by Gasteiger charge is 2.20. The molecule has 7 nitrogen and oxygen atoms in total. The van der Waals surface area contributed by atoms with Gasteiger partial charge in [0.15, 0.2) is 0 Å². The Morgan fingerprint density at radius 3 is 2.50 bits per heavy atom. The van der Waals surface area contributed by atoms with Crippen molar-refractivity contribution in [1.29, 1.82) is 0 Å². The van der Waals surface area contributed by atoms with Gasteiger partial charge in [0.05, 0.1) is 22.9 Å². The molecule has 1 aliphatic rings. The summed E-state index contributed by atoms with van der Waals surface area (Å²) >= 11 is 0. The van der Waals surface area contributed by atoms with Crippen LogP contribution in [-0.2, 0) is 18.9 Å². The van der Waals surface area contributed by atoms with E-state index in [1.807, 2.05) is 12.1 Å². The van der Waals surface area contributed by atoms with Crippen molar-refractivity contribution in [2.24, 2.45) is 20.0 Å². The Morgan fingerprint density at radius 2 is 1.82 bits per heavy atom. The molecule has 0 unspecified atom stereocenters. The highest BCUT2D eigenvalue weighted by molar-refractivity contribution is 5.92. The molecule has 2 heterocycles. The van der Waals surface area contributed by atoms with Gasteiger partial charge in [0.1, 0.15) is 5.75 Å². The number of aromatic hydroxyl groups is 1. The largest absolute Gasteiger partial charge is 0.508 e. The first-order chi connectivity index (χ1) is 13.5. The number of nitrogens with one attached hydrogen (secondary N) is 1. The minimum atomic E-state index is -0.0828. The minimum absolute atomic E-state index is 0.0828. The number of anilines is 1. The lowest BCUT2D eigenvalue weighted by molar-refractivity contribution is -0.120. The second-order valence-corrected chi connectivity index (χ2v) is 7.14. The van der Waals surface area contributed by atoms with Crippen molar-refractivity contribution in [2.45, 2.75) is 32.1 Å². The van der Waals surface area contributed by atoms with E-state index in [-0.39, 0.29) is 23.3 Å². The molecule has 0 bridgehead atoms. The van der Waals surface area contributed by atoms with Gasteiger partial charge in [-0.1, -0.05) is 19.3 Å². The molecular weight excluding hydrogens is 356 g/mol. The lowest BCUT2D eigenvalue weighted by Crippen LogP contribution is -2.24. The molecule has 4 rings (SSSR count). The van der Waals surface area contributed by atoms with Gasteiger partial charge in [-0.3, -0.25) is 18.9 Å². The number of aryl methyl sites for hydroxylation is 2. The number of benzene rings is 1. The van der Waals surface area contributed by atoms with Gasteiger partial charge in [0, 0.05) is 32.3 Å². The quantitative estimate of drug-likeness (QED) is 0.712. The predicted octanol–water partition coefficient (Wildman–Crippen LogP) is 3.18. The minimum Gasteiger partial charge on any atom is -0.508 e. The number of imidazole rings is 1. The van der Waals surface area contributed by atoms with Gasteiger partial charge < -0.3 is 10.4 Å². The zero-order chi connectivity index (χ0) is 20.1. The predicted molar refractivity (Wildman–Crippen MR) is 109 cm³/mol. The van der Waals surface area contributed by atoms with Crippen LogP contribution in [0.15, 0.2) is 47.5 Å². The van der Waals surface area contributed by atoms with Crippen LogP contribution < -0.4 is 11.0 Å². The third kappa shape index (κ3) is 4.42. The van der Waals surface area contributed by atoms with Crippen LogP contribution in [0.4, 0.5) is 5.69 Å². The average molecular weight is 382 g/mol. The van der Waals surface area contributed by atoms with Gasteiger partial charge in [-0.05, 0) is 37.1 Å². The highest BCUT2D eigenvalue weighted by Crippen LogP contribution is 2.24. The molecule has 2 aromatic heterocycles. The molecular formula is C21H26N4O3. The van der Waals surface area contributed by atoms with Crippen molar-refractivity contribution in [1.82, 2.24) is 14.1 Å². The molecule has 1 aliphatic carbocycles. The summed E-state index contributed by atoms with van der Waals surface area (Å²) in [5.74, 6) is 0.537. The first-order valence-corrected chi connectivity index (χ1v) is 9.52. The van der Waals surface area contributed by atoms with E-state index >= 15 is 0 Å². The molecule has 0 radical (unpaired) electrons. The third-order valence-corrected chi connectivity index (χ3v) is 5.16. The number of fused-ring (bicyclic) bond motifs is 1.